The number of aryl methyl sites for hydroxylation is 1. The Kier molecular flexibility index (Phi) is 4.22. The highest BCUT2D eigenvalue weighted by Gasteiger charge is 2.01. The number of fused-ring (bicyclic) bond motifs is 1. The number of benzene rings is 2. The quantitative estimate of drug-likeness (QED) is 0.676. The maximum absolute atomic E-state index is 5.73. The van der Waals surface area contributed by atoms with Crippen LogP contribution < -0.4 is 10.1 Å². The fourth-order valence-electron chi connectivity index (χ4n) is 2.47. The fraction of sp³-hybridized carbons (Fsp3) is 0.222. The minimum absolute atomic E-state index is 0.673. The molecule has 0 saturated heterocycles. The lowest BCUT2D eigenvalue weighted by Gasteiger charge is -2.09. The molecule has 0 aliphatic heterocycles. The van der Waals surface area contributed by atoms with Crippen LogP contribution in [0.5, 0.6) is 5.75 Å². The van der Waals surface area contributed by atoms with E-state index in [2.05, 4.69) is 53.6 Å². The summed E-state index contributed by atoms with van der Waals surface area (Å²) in [6.45, 7) is 4.43. The minimum Gasteiger partial charge on any atom is -0.492 e. The molecule has 0 bridgehead atoms. The van der Waals surface area contributed by atoms with Crippen LogP contribution in [-0.2, 0) is 6.54 Å². The molecule has 3 heteroatoms. The molecule has 0 aliphatic carbocycles. The van der Waals surface area contributed by atoms with Gasteiger partial charge in [-0.2, -0.15) is 0 Å². The van der Waals surface area contributed by atoms with E-state index in [1.54, 1.807) is 0 Å². The fourth-order valence-corrected chi connectivity index (χ4v) is 2.47. The van der Waals surface area contributed by atoms with E-state index in [1.165, 1.54) is 22.0 Å². The van der Waals surface area contributed by atoms with Gasteiger partial charge in [0.15, 0.2) is 0 Å². The second kappa shape index (κ2) is 6.46. The summed E-state index contributed by atoms with van der Waals surface area (Å²) in [6.07, 6.45) is 1.98. The van der Waals surface area contributed by atoms with Crippen molar-refractivity contribution in [1.29, 1.82) is 0 Å². The molecule has 1 aromatic heterocycles. The molecule has 0 unspecified atom stereocenters. The normalized spacial score (nSPS) is 10.9. The highest BCUT2D eigenvalue weighted by molar-refractivity contribution is 5.82. The number of aromatic amines is 1. The van der Waals surface area contributed by atoms with Gasteiger partial charge in [0.25, 0.3) is 0 Å². The van der Waals surface area contributed by atoms with E-state index in [9.17, 15) is 0 Å². The molecule has 0 spiro atoms. The van der Waals surface area contributed by atoms with E-state index < -0.39 is 0 Å². The third-order valence-electron chi connectivity index (χ3n) is 3.54. The molecule has 0 fully saturated rings. The standard InChI is InChI=1S/C18H20N2O/c1-14-4-2-6-16(12-14)21-11-10-19-13-15-5-3-7-18-17(15)8-9-20-18/h2-9,12,19-20H,10-11,13H2,1H3. The minimum atomic E-state index is 0.673. The summed E-state index contributed by atoms with van der Waals surface area (Å²) in [4.78, 5) is 3.24. The Morgan fingerprint density at radius 1 is 1.10 bits per heavy atom. The van der Waals surface area contributed by atoms with Crippen molar-refractivity contribution in [3.05, 3.63) is 65.9 Å². The van der Waals surface area contributed by atoms with Gasteiger partial charge in [-0.1, -0.05) is 24.3 Å². The average molecular weight is 280 g/mol. The lowest BCUT2D eigenvalue weighted by Crippen LogP contribution is -2.20. The predicted octanol–water partition coefficient (Wildman–Crippen LogP) is 3.64. The van der Waals surface area contributed by atoms with E-state index in [-0.39, 0.29) is 0 Å². The number of nitrogens with one attached hydrogen (secondary N) is 2. The van der Waals surface area contributed by atoms with Crippen LogP contribution in [0.4, 0.5) is 0 Å². The first-order chi connectivity index (χ1) is 10.3. The van der Waals surface area contributed by atoms with Crippen molar-refractivity contribution in [3.8, 4) is 5.75 Å². The zero-order chi connectivity index (χ0) is 14.5. The number of rotatable bonds is 6. The molecule has 0 amide bonds. The Bertz CT molecular complexity index is 718. The topological polar surface area (TPSA) is 37.0 Å². The van der Waals surface area contributed by atoms with Crippen molar-refractivity contribution in [2.75, 3.05) is 13.2 Å². The van der Waals surface area contributed by atoms with Crippen LogP contribution in [0.3, 0.4) is 0 Å². The van der Waals surface area contributed by atoms with E-state index in [4.69, 9.17) is 4.74 Å². The highest BCUT2D eigenvalue weighted by atomic mass is 16.5. The molecular weight excluding hydrogens is 260 g/mol. The zero-order valence-corrected chi connectivity index (χ0v) is 12.2. The predicted molar refractivity (Wildman–Crippen MR) is 86.7 cm³/mol. The van der Waals surface area contributed by atoms with Gasteiger partial charge in [-0.25, -0.2) is 0 Å². The van der Waals surface area contributed by atoms with Crippen molar-refractivity contribution in [1.82, 2.24) is 10.3 Å². The Labute approximate surface area is 125 Å². The Balaban J connectivity index is 1.47. The van der Waals surface area contributed by atoms with Crippen LogP contribution in [0, 0.1) is 6.92 Å². The molecule has 2 N–H and O–H groups in total. The molecule has 0 atom stereocenters. The molecular formula is C18H20N2O. The third kappa shape index (κ3) is 3.44. The van der Waals surface area contributed by atoms with Gasteiger partial charge in [0.1, 0.15) is 12.4 Å². The van der Waals surface area contributed by atoms with E-state index in [0.29, 0.717) is 6.61 Å². The summed E-state index contributed by atoms with van der Waals surface area (Å²) in [5.74, 6) is 0.935. The highest BCUT2D eigenvalue weighted by Crippen LogP contribution is 2.17. The number of ether oxygens (including phenoxy) is 1. The summed E-state index contributed by atoms with van der Waals surface area (Å²) < 4.78 is 5.73. The molecule has 2 aromatic carbocycles. The van der Waals surface area contributed by atoms with Crippen LogP contribution in [0.25, 0.3) is 10.9 Å². The van der Waals surface area contributed by atoms with Gasteiger partial charge in [0.2, 0.25) is 0 Å². The van der Waals surface area contributed by atoms with Gasteiger partial charge in [-0.05, 0) is 42.3 Å². The van der Waals surface area contributed by atoms with Gasteiger partial charge < -0.3 is 15.0 Å². The Hall–Kier alpha value is -2.26. The largest absolute Gasteiger partial charge is 0.492 e. The molecule has 0 radical (unpaired) electrons. The van der Waals surface area contributed by atoms with Gasteiger partial charge in [-0.3, -0.25) is 0 Å². The van der Waals surface area contributed by atoms with Crippen LogP contribution >= 0.6 is 0 Å². The SMILES string of the molecule is Cc1cccc(OCCNCc2cccc3[nH]ccc23)c1. The number of hydrogen-bond acceptors (Lipinski definition) is 2. The summed E-state index contributed by atoms with van der Waals surface area (Å²) in [6, 6.07) is 16.6. The zero-order valence-electron chi connectivity index (χ0n) is 12.2. The van der Waals surface area contributed by atoms with Gasteiger partial charge >= 0.3 is 0 Å². The Morgan fingerprint density at radius 3 is 2.90 bits per heavy atom. The summed E-state index contributed by atoms with van der Waals surface area (Å²) in [7, 11) is 0. The second-order valence-corrected chi connectivity index (χ2v) is 5.20. The van der Waals surface area contributed by atoms with Crippen molar-refractivity contribution in [2.45, 2.75) is 13.5 Å². The van der Waals surface area contributed by atoms with E-state index >= 15 is 0 Å². The van der Waals surface area contributed by atoms with E-state index in [0.717, 1.165) is 18.8 Å². The van der Waals surface area contributed by atoms with Crippen LogP contribution in [0.15, 0.2) is 54.7 Å². The van der Waals surface area contributed by atoms with Gasteiger partial charge in [0.05, 0.1) is 0 Å². The molecule has 1 heterocycles. The maximum Gasteiger partial charge on any atom is 0.119 e. The molecule has 108 valence electrons. The van der Waals surface area contributed by atoms with Crippen molar-refractivity contribution in [2.24, 2.45) is 0 Å². The maximum atomic E-state index is 5.73. The first-order valence-electron chi connectivity index (χ1n) is 7.28. The smallest absolute Gasteiger partial charge is 0.119 e. The second-order valence-electron chi connectivity index (χ2n) is 5.20. The summed E-state index contributed by atoms with van der Waals surface area (Å²) in [5, 5.41) is 4.71. The summed E-state index contributed by atoms with van der Waals surface area (Å²) in [5.41, 5.74) is 3.72. The van der Waals surface area contributed by atoms with Crippen molar-refractivity contribution in [3.63, 3.8) is 0 Å². The molecule has 0 aliphatic rings. The lowest BCUT2D eigenvalue weighted by atomic mass is 10.1. The number of aromatic nitrogens is 1. The monoisotopic (exact) mass is 280 g/mol. The third-order valence-corrected chi connectivity index (χ3v) is 3.54. The van der Waals surface area contributed by atoms with Gasteiger partial charge in [-0.15, -0.1) is 0 Å². The molecule has 3 rings (SSSR count). The Morgan fingerprint density at radius 2 is 2.00 bits per heavy atom. The van der Waals surface area contributed by atoms with E-state index in [1.807, 2.05) is 18.3 Å². The molecule has 3 nitrogen and oxygen atoms in total. The first-order valence-corrected chi connectivity index (χ1v) is 7.28. The summed E-state index contributed by atoms with van der Waals surface area (Å²) >= 11 is 0. The van der Waals surface area contributed by atoms with Crippen LogP contribution in [0.1, 0.15) is 11.1 Å². The van der Waals surface area contributed by atoms with Gasteiger partial charge in [0, 0.05) is 30.2 Å². The van der Waals surface area contributed by atoms with Crippen LogP contribution in [0.2, 0.25) is 0 Å². The molecule has 21 heavy (non-hydrogen) atoms. The molecule has 0 saturated carbocycles. The van der Waals surface area contributed by atoms with Crippen LogP contribution in [-0.4, -0.2) is 18.1 Å². The first kappa shape index (κ1) is 13.7. The van der Waals surface area contributed by atoms with Crippen molar-refractivity contribution < 1.29 is 4.74 Å². The number of hydrogen-bond donors (Lipinski definition) is 2. The average Bonchev–Trinajstić information content (AvgIpc) is 2.96. The van der Waals surface area contributed by atoms with Crippen molar-refractivity contribution >= 4 is 10.9 Å². The lowest BCUT2D eigenvalue weighted by molar-refractivity contribution is 0.313. The number of H-pyrrole nitrogens is 1. The molecule has 3 aromatic rings.